The summed E-state index contributed by atoms with van der Waals surface area (Å²) < 4.78 is 8.41. The summed E-state index contributed by atoms with van der Waals surface area (Å²) >= 11 is -3.00. The molecule has 0 aromatic heterocycles. The predicted molar refractivity (Wildman–Crippen MR) is 63.6 cm³/mol. The quantitative estimate of drug-likeness (QED) is 0.712. The van der Waals surface area contributed by atoms with Crippen molar-refractivity contribution in [3.05, 3.63) is 22.0 Å². The van der Waals surface area contributed by atoms with Crippen LogP contribution in [0, 0.1) is 0 Å². The molecule has 0 aliphatic heterocycles. The molecular weight excluding hydrogens is 288 g/mol. The SMILES string of the molecule is C[N](C)[Nb]([Cl])(=[N]C(C)(C)C)[C]1=CC=CC1. The summed E-state index contributed by atoms with van der Waals surface area (Å²) in [5.41, 5.74) is -0.0545. The van der Waals surface area contributed by atoms with Gasteiger partial charge >= 0.3 is 101 Å². The van der Waals surface area contributed by atoms with Crippen molar-refractivity contribution >= 4 is 9.19 Å². The zero-order chi connectivity index (χ0) is 11.7. The summed E-state index contributed by atoms with van der Waals surface area (Å²) in [6.45, 7) is 6.35. The van der Waals surface area contributed by atoms with Gasteiger partial charge in [-0.05, 0) is 0 Å². The van der Waals surface area contributed by atoms with E-state index in [0.29, 0.717) is 0 Å². The second-order valence-corrected chi connectivity index (χ2v) is 14.2. The first kappa shape index (κ1) is 13.3. The minimum absolute atomic E-state index is 0.0545. The molecule has 2 nitrogen and oxygen atoms in total. The second kappa shape index (κ2) is 4.64. The molecule has 0 aromatic carbocycles. The van der Waals surface area contributed by atoms with E-state index in [1.54, 1.807) is 0 Å². The first-order chi connectivity index (χ1) is 6.76. The number of hydrogen-bond donors (Lipinski definition) is 0. The molecule has 0 radical (unpaired) electrons. The average molecular weight is 309 g/mol. The molecule has 15 heavy (non-hydrogen) atoms. The van der Waals surface area contributed by atoms with Crippen LogP contribution in [0.25, 0.3) is 0 Å². The van der Waals surface area contributed by atoms with E-state index >= 15 is 0 Å². The summed E-state index contributed by atoms with van der Waals surface area (Å²) in [5.74, 6) is 0. The van der Waals surface area contributed by atoms with Gasteiger partial charge < -0.3 is 0 Å². The minimum atomic E-state index is -3.00. The van der Waals surface area contributed by atoms with Gasteiger partial charge in [-0.15, -0.1) is 0 Å². The van der Waals surface area contributed by atoms with Gasteiger partial charge in [0.25, 0.3) is 0 Å². The Balaban J connectivity index is 3.16. The topological polar surface area (TPSA) is 15.6 Å². The van der Waals surface area contributed by atoms with Crippen molar-refractivity contribution in [1.82, 2.24) is 3.30 Å². The zero-order valence-corrected chi connectivity index (χ0v) is 13.1. The average Bonchev–Trinajstić information content (AvgIpc) is 2.51. The second-order valence-electron chi connectivity index (χ2n) is 4.93. The van der Waals surface area contributed by atoms with Crippen molar-refractivity contribution in [3.8, 4) is 0 Å². The van der Waals surface area contributed by atoms with Crippen LogP contribution in [-0.2, 0) is 16.1 Å². The van der Waals surface area contributed by atoms with Crippen LogP contribution in [0.2, 0.25) is 0 Å². The molecular formula is C11H20ClN2Nb. The molecule has 0 saturated heterocycles. The molecule has 0 spiro atoms. The molecule has 1 aliphatic carbocycles. The Labute approximate surface area is 101 Å². The number of allylic oxidation sites excluding steroid dienone is 4. The van der Waals surface area contributed by atoms with E-state index in [2.05, 4.69) is 42.3 Å². The van der Waals surface area contributed by atoms with Crippen molar-refractivity contribution in [2.45, 2.75) is 32.7 Å². The van der Waals surface area contributed by atoms with Crippen LogP contribution in [0.4, 0.5) is 0 Å². The van der Waals surface area contributed by atoms with Crippen molar-refractivity contribution in [2.75, 3.05) is 14.1 Å². The molecule has 0 aromatic rings. The van der Waals surface area contributed by atoms with E-state index < -0.39 is 16.1 Å². The van der Waals surface area contributed by atoms with Crippen LogP contribution in [-0.4, -0.2) is 22.9 Å². The molecule has 0 bridgehead atoms. The molecule has 1 unspecified atom stereocenters. The Hall–Kier alpha value is 0.270. The van der Waals surface area contributed by atoms with Gasteiger partial charge in [0.15, 0.2) is 0 Å². The maximum absolute atomic E-state index is 6.82. The summed E-state index contributed by atoms with van der Waals surface area (Å²) in [6, 6.07) is 0. The van der Waals surface area contributed by atoms with Gasteiger partial charge in [0.05, 0.1) is 0 Å². The Bertz CT molecular complexity index is 348. The van der Waals surface area contributed by atoms with Crippen LogP contribution in [0.5, 0.6) is 0 Å². The van der Waals surface area contributed by atoms with Crippen molar-refractivity contribution in [1.29, 1.82) is 0 Å². The van der Waals surface area contributed by atoms with Crippen LogP contribution >= 0.6 is 9.19 Å². The summed E-state index contributed by atoms with van der Waals surface area (Å²) in [4.78, 5) is 0. The fourth-order valence-electron chi connectivity index (χ4n) is 1.46. The summed E-state index contributed by atoms with van der Waals surface area (Å²) in [7, 11) is 10.9. The van der Waals surface area contributed by atoms with Crippen molar-refractivity contribution < 1.29 is 16.1 Å². The van der Waals surface area contributed by atoms with Gasteiger partial charge in [-0.2, -0.15) is 0 Å². The number of halogens is 1. The maximum atomic E-state index is 6.82. The number of hydrogen-bond acceptors (Lipinski definition) is 1. The Morgan fingerprint density at radius 1 is 1.40 bits per heavy atom. The molecule has 0 heterocycles. The van der Waals surface area contributed by atoms with E-state index in [9.17, 15) is 0 Å². The molecule has 0 amide bonds. The van der Waals surface area contributed by atoms with E-state index in [1.807, 2.05) is 14.1 Å². The first-order valence-corrected chi connectivity index (χ1v) is 11.0. The third kappa shape index (κ3) is 3.36. The molecule has 1 aliphatic rings. The summed E-state index contributed by atoms with van der Waals surface area (Å²) in [6.07, 6.45) is 7.37. The first-order valence-electron chi connectivity index (χ1n) is 5.13. The van der Waals surface area contributed by atoms with Crippen LogP contribution in [0.3, 0.4) is 0 Å². The molecule has 1 rings (SSSR count). The number of nitrogens with zero attached hydrogens (tertiary/aromatic N) is 2. The molecule has 1 atom stereocenters. The van der Waals surface area contributed by atoms with Crippen LogP contribution < -0.4 is 0 Å². The van der Waals surface area contributed by atoms with Gasteiger partial charge in [-0.25, -0.2) is 0 Å². The Morgan fingerprint density at radius 2 is 2.00 bits per heavy atom. The predicted octanol–water partition coefficient (Wildman–Crippen LogP) is 3.60. The third-order valence-corrected chi connectivity index (χ3v) is 12.9. The number of rotatable bonds is 2. The molecule has 0 saturated carbocycles. The van der Waals surface area contributed by atoms with Crippen molar-refractivity contribution in [3.63, 3.8) is 0 Å². The van der Waals surface area contributed by atoms with Gasteiger partial charge in [0, 0.05) is 0 Å². The molecule has 0 fully saturated rings. The fourth-order valence-corrected chi connectivity index (χ4v) is 9.02. The van der Waals surface area contributed by atoms with Gasteiger partial charge in [-0.1, -0.05) is 0 Å². The normalized spacial score (nSPS) is 20.3. The van der Waals surface area contributed by atoms with E-state index in [4.69, 9.17) is 12.5 Å². The van der Waals surface area contributed by atoms with E-state index in [0.717, 1.165) is 6.42 Å². The Kier molecular flexibility index (Phi) is 4.13. The fraction of sp³-hybridized carbons (Fsp3) is 0.636. The standard InChI is InChI=1S/C5H5.C4H9N.C2H6N.ClH.Nb/c1-2-4-5-3-1;1-4(2,3)5;1-3-2;;/h1-3H,4H2;1-3H3;1-2H3;1H;/q;;-1;;+2/p-1. The summed E-state index contributed by atoms with van der Waals surface area (Å²) in [5, 5.41) is 0. The van der Waals surface area contributed by atoms with Gasteiger partial charge in [0.1, 0.15) is 0 Å². The van der Waals surface area contributed by atoms with E-state index in [1.165, 1.54) is 3.79 Å². The third-order valence-electron chi connectivity index (χ3n) is 2.08. The van der Waals surface area contributed by atoms with Gasteiger partial charge in [0.2, 0.25) is 0 Å². The molecule has 4 heteroatoms. The zero-order valence-electron chi connectivity index (χ0n) is 10.2. The molecule has 86 valence electrons. The monoisotopic (exact) mass is 308 g/mol. The van der Waals surface area contributed by atoms with Gasteiger partial charge in [-0.3, -0.25) is 0 Å². The van der Waals surface area contributed by atoms with E-state index in [-0.39, 0.29) is 5.54 Å². The Morgan fingerprint density at radius 3 is 2.33 bits per heavy atom. The molecule has 0 N–H and O–H groups in total. The van der Waals surface area contributed by atoms with Crippen LogP contribution in [0.1, 0.15) is 27.2 Å². The van der Waals surface area contributed by atoms with Crippen molar-refractivity contribution in [2.24, 2.45) is 3.34 Å². The van der Waals surface area contributed by atoms with Crippen LogP contribution in [0.15, 0.2) is 25.4 Å².